The highest BCUT2D eigenvalue weighted by molar-refractivity contribution is 9.11. The van der Waals surface area contributed by atoms with Gasteiger partial charge in [-0.2, -0.15) is 0 Å². The fourth-order valence-electron chi connectivity index (χ4n) is 1.59. The lowest BCUT2D eigenvalue weighted by Crippen LogP contribution is -2.17. The number of aromatic nitrogens is 1. The Bertz CT molecular complexity index is 486. The lowest BCUT2D eigenvalue weighted by Gasteiger charge is -2.14. The van der Waals surface area contributed by atoms with E-state index in [1.54, 1.807) is 17.5 Å². The summed E-state index contributed by atoms with van der Waals surface area (Å²) in [4.78, 5) is 3.86. The number of pyridine rings is 1. The first-order chi connectivity index (χ1) is 7.70. The van der Waals surface area contributed by atoms with Gasteiger partial charge in [0.1, 0.15) is 5.82 Å². The number of thiophene rings is 1. The van der Waals surface area contributed by atoms with Crippen LogP contribution in [0.5, 0.6) is 0 Å². The Morgan fingerprint density at radius 3 is 2.75 bits per heavy atom. The molecule has 2 aromatic rings. The van der Waals surface area contributed by atoms with Crippen molar-refractivity contribution >= 4 is 27.3 Å². The molecule has 0 amide bonds. The second kappa shape index (κ2) is 5.03. The van der Waals surface area contributed by atoms with Gasteiger partial charge in [-0.15, -0.1) is 11.3 Å². The van der Waals surface area contributed by atoms with E-state index in [2.05, 4.69) is 26.2 Å². The Kier molecular flexibility index (Phi) is 3.68. The molecule has 0 radical (unpaired) electrons. The predicted octanol–water partition coefficient (Wildman–Crippen LogP) is 3.35. The van der Waals surface area contributed by atoms with Crippen molar-refractivity contribution in [3.05, 3.63) is 50.6 Å². The highest BCUT2D eigenvalue weighted by Crippen LogP contribution is 2.28. The number of nitrogens with zero attached hydrogens (tertiary/aromatic N) is 1. The van der Waals surface area contributed by atoms with Gasteiger partial charge >= 0.3 is 0 Å². The molecule has 0 aromatic carbocycles. The van der Waals surface area contributed by atoms with Crippen LogP contribution in [0.15, 0.2) is 33.7 Å². The number of nitrogens with one attached hydrogen (secondary N) is 1. The van der Waals surface area contributed by atoms with E-state index in [9.17, 15) is 4.39 Å². The summed E-state index contributed by atoms with van der Waals surface area (Å²) < 4.78 is 14.1. The van der Waals surface area contributed by atoms with Crippen LogP contribution in [0.2, 0.25) is 0 Å². The van der Waals surface area contributed by atoms with E-state index in [0.29, 0.717) is 0 Å². The van der Waals surface area contributed by atoms with Crippen LogP contribution >= 0.6 is 27.3 Å². The minimum atomic E-state index is -0.313. The van der Waals surface area contributed by atoms with Crippen molar-refractivity contribution < 1.29 is 4.39 Å². The average Bonchev–Trinajstić information content (AvgIpc) is 2.66. The highest BCUT2D eigenvalue weighted by atomic mass is 79.9. The molecule has 0 aliphatic rings. The van der Waals surface area contributed by atoms with Crippen LogP contribution in [-0.4, -0.2) is 12.0 Å². The largest absolute Gasteiger partial charge is 0.309 e. The third kappa shape index (κ3) is 2.48. The Balaban J connectivity index is 2.36. The first-order valence-electron chi connectivity index (χ1n) is 4.72. The quantitative estimate of drug-likeness (QED) is 0.940. The summed E-state index contributed by atoms with van der Waals surface area (Å²) in [5.74, 6) is -0.313. The molecular formula is C11H10BrFN2S. The third-order valence-electron chi connectivity index (χ3n) is 2.27. The van der Waals surface area contributed by atoms with E-state index in [1.807, 2.05) is 18.5 Å². The van der Waals surface area contributed by atoms with Gasteiger partial charge in [0.2, 0.25) is 0 Å². The van der Waals surface area contributed by atoms with Crippen LogP contribution in [0.1, 0.15) is 17.2 Å². The summed E-state index contributed by atoms with van der Waals surface area (Å²) in [6.45, 7) is 0. The Morgan fingerprint density at radius 1 is 1.38 bits per heavy atom. The van der Waals surface area contributed by atoms with Crippen molar-refractivity contribution in [1.82, 2.24) is 10.3 Å². The Hall–Kier alpha value is -0.780. The second-order valence-electron chi connectivity index (χ2n) is 3.34. The van der Waals surface area contributed by atoms with E-state index in [1.165, 1.54) is 12.3 Å². The van der Waals surface area contributed by atoms with E-state index in [0.717, 1.165) is 14.9 Å². The van der Waals surface area contributed by atoms with Crippen LogP contribution in [0.25, 0.3) is 0 Å². The number of halogens is 2. The second-order valence-corrected chi connectivity index (χ2v) is 5.63. The van der Waals surface area contributed by atoms with Crippen molar-refractivity contribution in [2.75, 3.05) is 7.05 Å². The van der Waals surface area contributed by atoms with Crippen molar-refractivity contribution in [3.8, 4) is 0 Å². The van der Waals surface area contributed by atoms with Crippen molar-refractivity contribution in [3.63, 3.8) is 0 Å². The van der Waals surface area contributed by atoms with Gasteiger partial charge in [0, 0.05) is 6.20 Å². The monoisotopic (exact) mass is 300 g/mol. The van der Waals surface area contributed by atoms with Gasteiger partial charge in [-0.1, -0.05) is 0 Å². The molecule has 16 heavy (non-hydrogen) atoms. The molecule has 0 aliphatic carbocycles. The summed E-state index contributed by atoms with van der Waals surface area (Å²) >= 11 is 5.03. The van der Waals surface area contributed by atoms with Gasteiger partial charge in [0.05, 0.1) is 16.0 Å². The van der Waals surface area contributed by atoms with Crippen LogP contribution in [0.3, 0.4) is 0 Å². The highest BCUT2D eigenvalue weighted by Gasteiger charge is 2.14. The third-order valence-corrected chi connectivity index (χ3v) is 3.79. The van der Waals surface area contributed by atoms with Gasteiger partial charge in [-0.05, 0) is 51.6 Å². The van der Waals surface area contributed by atoms with E-state index in [-0.39, 0.29) is 11.9 Å². The Labute approximate surface area is 106 Å². The topological polar surface area (TPSA) is 24.9 Å². The predicted molar refractivity (Wildman–Crippen MR) is 67.1 cm³/mol. The van der Waals surface area contributed by atoms with Gasteiger partial charge in [-0.25, -0.2) is 4.39 Å². The van der Waals surface area contributed by atoms with Crippen LogP contribution in [0, 0.1) is 5.82 Å². The molecular weight excluding hydrogens is 291 g/mol. The zero-order chi connectivity index (χ0) is 11.5. The number of rotatable bonds is 3. The molecule has 1 unspecified atom stereocenters. The molecule has 2 nitrogen and oxygen atoms in total. The molecule has 1 atom stereocenters. The molecule has 0 aliphatic heterocycles. The van der Waals surface area contributed by atoms with Gasteiger partial charge in [-0.3, -0.25) is 4.98 Å². The summed E-state index contributed by atoms with van der Waals surface area (Å²) in [5.41, 5.74) is 1.93. The lowest BCUT2D eigenvalue weighted by molar-refractivity contribution is 0.609. The van der Waals surface area contributed by atoms with Crippen molar-refractivity contribution in [2.45, 2.75) is 6.04 Å². The zero-order valence-electron chi connectivity index (χ0n) is 8.58. The summed E-state index contributed by atoms with van der Waals surface area (Å²) in [6.07, 6.45) is 2.88. The van der Waals surface area contributed by atoms with Gasteiger partial charge in [0.25, 0.3) is 0 Å². The van der Waals surface area contributed by atoms with Crippen molar-refractivity contribution in [1.29, 1.82) is 0 Å². The minimum absolute atomic E-state index is 0.0225. The lowest BCUT2D eigenvalue weighted by atomic mass is 10.0. The number of hydrogen-bond acceptors (Lipinski definition) is 3. The molecule has 0 bridgehead atoms. The first kappa shape index (κ1) is 11.7. The molecule has 2 aromatic heterocycles. The smallest absolute Gasteiger partial charge is 0.141 e. The molecule has 0 saturated heterocycles. The molecule has 2 heterocycles. The fraction of sp³-hybridized carbons (Fsp3) is 0.182. The molecule has 1 N–H and O–H groups in total. The van der Waals surface area contributed by atoms with Crippen LogP contribution < -0.4 is 5.32 Å². The molecule has 0 fully saturated rings. The minimum Gasteiger partial charge on any atom is -0.309 e. The SMILES string of the molecule is CNC(c1cncc(F)c1)c1csc(Br)c1. The maximum Gasteiger partial charge on any atom is 0.141 e. The normalized spacial score (nSPS) is 12.7. The van der Waals surface area contributed by atoms with Gasteiger partial charge < -0.3 is 5.32 Å². The first-order valence-corrected chi connectivity index (χ1v) is 6.39. The number of hydrogen-bond donors (Lipinski definition) is 1. The average molecular weight is 301 g/mol. The Morgan fingerprint density at radius 2 is 2.19 bits per heavy atom. The summed E-state index contributed by atoms with van der Waals surface area (Å²) in [6, 6.07) is 3.50. The summed E-state index contributed by atoms with van der Waals surface area (Å²) in [7, 11) is 1.85. The summed E-state index contributed by atoms with van der Waals surface area (Å²) in [5, 5.41) is 5.19. The van der Waals surface area contributed by atoms with Crippen LogP contribution in [-0.2, 0) is 0 Å². The fourth-order valence-corrected chi connectivity index (χ4v) is 2.79. The maximum absolute atomic E-state index is 13.1. The van der Waals surface area contributed by atoms with Crippen LogP contribution in [0.4, 0.5) is 4.39 Å². The molecule has 84 valence electrons. The van der Waals surface area contributed by atoms with E-state index >= 15 is 0 Å². The van der Waals surface area contributed by atoms with Gasteiger partial charge in [0.15, 0.2) is 0 Å². The van der Waals surface area contributed by atoms with Crippen molar-refractivity contribution in [2.24, 2.45) is 0 Å². The molecule has 0 spiro atoms. The maximum atomic E-state index is 13.1. The van der Waals surface area contributed by atoms with E-state index < -0.39 is 0 Å². The van der Waals surface area contributed by atoms with E-state index in [4.69, 9.17) is 0 Å². The zero-order valence-corrected chi connectivity index (χ0v) is 11.0. The molecule has 2 rings (SSSR count). The standard InChI is InChI=1S/C11H10BrFN2S/c1-14-11(8-3-10(12)16-6-8)7-2-9(13)5-15-4-7/h2-6,11,14H,1H3. The molecule has 0 saturated carbocycles. The molecule has 5 heteroatoms.